The Bertz CT molecular complexity index is 848. The van der Waals surface area contributed by atoms with Crippen molar-refractivity contribution in [2.75, 3.05) is 0 Å². The van der Waals surface area contributed by atoms with Gasteiger partial charge in [0.2, 0.25) is 0 Å². The molecule has 5 rings (SSSR count). The first-order chi connectivity index (χ1) is 13.4. The minimum absolute atomic E-state index is 0. The monoisotopic (exact) mass is 612 g/mol. The molecule has 2 bridgehead atoms. The van der Waals surface area contributed by atoms with Crippen LogP contribution < -0.4 is 0 Å². The van der Waals surface area contributed by atoms with Crippen LogP contribution in [0.25, 0.3) is 0 Å². The summed E-state index contributed by atoms with van der Waals surface area (Å²) in [5.41, 5.74) is 2.50. The maximum Gasteiger partial charge on any atom is 0.673 e. The van der Waals surface area contributed by atoms with Crippen LogP contribution in [0, 0.1) is 37.1 Å². The van der Waals surface area contributed by atoms with Crippen LogP contribution in [0.4, 0.5) is 34.8 Å². The van der Waals surface area contributed by atoms with Gasteiger partial charge in [-0.1, -0.05) is 59.7 Å². The second-order valence-electron chi connectivity index (χ2n) is 6.55. The van der Waals surface area contributed by atoms with Crippen LogP contribution in [-0.4, -0.2) is 7.25 Å². The molecule has 2 aromatic rings. The third kappa shape index (κ3) is 6.54. The van der Waals surface area contributed by atoms with Crippen LogP contribution in [-0.2, 0) is 20.1 Å². The summed E-state index contributed by atoms with van der Waals surface area (Å²) in [7, 11) is -6.00. The molecule has 0 fully saturated rings. The van der Waals surface area contributed by atoms with Gasteiger partial charge in [-0.2, -0.15) is 0 Å². The fraction of sp³-hybridized carbons (Fsp3) is 0.200. The van der Waals surface area contributed by atoms with Crippen molar-refractivity contribution in [1.82, 2.24) is 0 Å². The number of allylic oxidation sites excluding steroid dienone is 4. The quantitative estimate of drug-likeness (QED) is 0.0977. The summed E-state index contributed by atoms with van der Waals surface area (Å²) in [4.78, 5) is 0. The third-order valence-corrected chi connectivity index (χ3v) is 4.28. The van der Waals surface area contributed by atoms with Crippen molar-refractivity contribution in [2.45, 2.75) is 25.7 Å². The van der Waals surface area contributed by atoms with Crippen LogP contribution in [0.5, 0.6) is 0 Å². The topological polar surface area (TPSA) is 0 Å². The second-order valence-corrected chi connectivity index (χ2v) is 6.55. The summed E-state index contributed by atoms with van der Waals surface area (Å²) < 4.78 is 92.2. The van der Waals surface area contributed by atoms with Crippen LogP contribution in [0.15, 0.2) is 48.6 Å². The third-order valence-electron chi connectivity index (χ3n) is 4.28. The Hall–Kier alpha value is -1.93. The van der Waals surface area contributed by atoms with Gasteiger partial charge in [-0.05, 0) is 13.8 Å². The van der Waals surface area contributed by atoms with Crippen molar-refractivity contribution >= 4 is 7.25 Å². The minimum atomic E-state index is -6.00. The predicted molar refractivity (Wildman–Crippen MR) is 96.1 cm³/mol. The van der Waals surface area contributed by atoms with E-state index in [1.165, 1.54) is 11.1 Å². The van der Waals surface area contributed by atoms with Crippen molar-refractivity contribution in [2.24, 2.45) is 0 Å². The van der Waals surface area contributed by atoms with E-state index in [0.717, 1.165) is 0 Å². The van der Waals surface area contributed by atoms with Gasteiger partial charge in [-0.3, -0.25) is 0 Å². The van der Waals surface area contributed by atoms with Gasteiger partial charge in [0, 0.05) is 43.1 Å². The Balaban J connectivity index is 0.000000271. The van der Waals surface area contributed by atoms with E-state index in [-0.39, 0.29) is 31.2 Å². The molecule has 1 radical (unpaired) electrons. The van der Waals surface area contributed by atoms with Crippen LogP contribution in [0.1, 0.15) is 34.1 Å². The van der Waals surface area contributed by atoms with Gasteiger partial charge in [0.15, 0.2) is 23.3 Å². The average Bonchev–Trinajstić information content (AvgIpc) is 2.66. The number of aryl methyl sites for hydroxylation is 2. The smallest absolute Gasteiger partial charge is 0.418 e. The van der Waals surface area contributed by atoms with Gasteiger partial charge >= 0.3 is 7.25 Å². The number of rotatable bonds is 0. The van der Waals surface area contributed by atoms with Gasteiger partial charge < -0.3 is 17.3 Å². The summed E-state index contributed by atoms with van der Waals surface area (Å²) in [6, 6.07) is 8.48. The van der Waals surface area contributed by atoms with E-state index in [9.17, 15) is 34.8 Å². The van der Waals surface area contributed by atoms with E-state index < -0.39 is 42.4 Å². The molecule has 3 aliphatic carbocycles. The van der Waals surface area contributed by atoms with Crippen LogP contribution in [0.3, 0.4) is 0 Å². The van der Waals surface area contributed by atoms with E-state index >= 15 is 0 Å². The molecular formula is C20H16BF8Ir-. The van der Waals surface area contributed by atoms with Crippen molar-refractivity contribution in [3.63, 3.8) is 0 Å². The predicted octanol–water partition coefficient (Wildman–Crippen LogP) is 7.15. The van der Waals surface area contributed by atoms with Crippen LogP contribution >= 0.6 is 0 Å². The number of hydrogen-bond donors (Lipinski definition) is 0. The Morgan fingerprint density at radius 2 is 0.800 bits per heavy atom. The Morgan fingerprint density at radius 1 is 0.567 bits per heavy atom. The fourth-order valence-corrected chi connectivity index (χ4v) is 2.95. The molecule has 0 amide bonds. The zero-order chi connectivity index (χ0) is 21.9. The molecule has 0 N–H and O–H groups in total. The van der Waals surface area contributed by atoms with E-state index in [2.05, 4.69) is 38.1 Å². The van der Waals surface area contributed by atoms with Crippen molar-refractivity contribution in [3.8, 4) is 0 Å². The van der Waals surface area contributed by atoms with Crippen molar-refractivity contribution in [1.29, 1.82) is 0 Å². The average molecular weight is 611 g/mol. The molecule has 0 saturated carbocycles. The molecule has 10 heteroatoms. The van der Waals surface area contributed by atoms with Crippen molar-refractivity contribution in [3.05, 3.63) is 94.1 Å². The van der Waals surface area contributed by atoms with Crippen molar-refractivity contribution < 1.29 is 54.9 Å². The number of halogens is 8. The normalized spacial score (nSPS) is 17.8. The Kier molecular flexibility index (Phi) is 9.05. The van der Waals surface area contributed by atoms with Gasteiger partial charge in [0.1, 0.15) is 0 Å². The molecule has 165 valence electrons. The first-order valence-electron chi connectivity index (χ1n) is 8.53. The maximum absolute atomic E-state index is 13.5. The zero-order valence-corrected chi connectivity index (χ0v) is 18.1. The first-order valence-corrected chi connectivity index (χ1v) is 8.53. The second kappa shape index (κ2) is 10.4. The maximum atomic E-state index is 13.5. The molecule has 0 heterocycles. The summed E-state index contributed by atoms with van der Waals surface area (Å²) in [5.74, 6) is -7.01. The molecular weight excluding hydrogens is 595 g/mol. The van der Waals surface area contributed by atoms with Gasteiger partial charge in [-0.15, -0.1) is 0 Å². The Morgan fingerprint density at radius 3 is 1.03 bits per heavy atom. The van der Waals surface area contributed by atoms with Gasteiger partial charge in [0.05, 0.1) is 0 Å². The van der Waals surface area contributed by atoms with Gasteiger partial charge in [0.25, 0.3) is 0 Å². The molecule has 0 nitrogen and oxygen atoms in total. The zero-order valence-electron chi connectivity index (χ0n) is 15.7. The number of hydrogen-bond acceptors (Lipinski definition) is 0. The summed E-state index contributed by atoms with van der Waals surface area (Å²) >= 11 is 0. The molecule has 0 aromatic heterocycles. The Labute approximate surface area is 182 Å². The molecule has 0 aliphatic heterocycles. The molecule has 2 aromatic carbocycles. The molecule has 0 atom stereocenters. The van der Waals surface area contributed by atoms with Crippen LogP contribution in [0.2, 0.25) is 0 Å². The first kappa shape index (κ1) is 26.1. The molecule has 0 unspecified atom stereocenters. The van der Waals surface area contributed by atoms with E-state index in [0.29, 0.717) is 0 Å². The largest absolute Gasteiger partial charge is 0.673 e. The van der Waals surface area contributed by atoms with Gasteiger partial charge in [-0.25, -0.2) is 17.6 Å². The molecule has 0 spiro atoms. The molecule has 0 saturated heterocycles. The standard InChI is InChI=1S/C12H6F4.C8H10.BF4.Ir/c13-9-7-5-1-2-6(4-3-5)8(7)10(14)12(16)11(9)15;1-7-3-5-8(2)6-4-7;2-1(3,4)5;/h1-6H;3-6H,1-2H3;;/q;;-1;. The SMILES string of the molecule is Cc1ccc(C)cc1.F[B-](F)(F)F.Fc1c(F)c(F)c2c(c1F)C1C=CC2C=C1.[Ir]. The summed E-state index contributed by atoms with van der Waals surface area (Å²) in [6.45, 7) is 4.19. The summed E-state index contributed by atoms with van der Waals surface area (Å²) in [6.07, 6.45) is 6.64. The van der Waals surface area contributed by atoms with E-state index in [1.807, 2.05) is 0 Å². The molecule has 3 aliphatic rings. The van der Waals surface area contributed by atoms with E-state index in [4.69, 9.17) is 0 Å². The number of benzene rings is 2. The summed E-state index contributed by atoms with van der Waals surface area (Å²) in [5, 5.41) is 0. The molecule has 30 heavy (non-hydrogen) atoms. The fourth-order valence-electron chi connectivity index (χ4n) is 2.95. The minimum Gasteiger partial charge on any atom is -0.418 e. The van der Waals surface area contributed by atoms with E-state index in [1.54, 1.807) is 24.3 Å².